The van der Waals surface area contributed by atoms with Gasteiger partial charge in [-0.15, -0.1) is 0 Å². The van der Waals surface area contributed by atoms with Crippen molar-refractivity contribution in [2.45, 2.75) is 12.3 Å². The maximum absolute atomic E-state index is 3.70. The lowest BCUT2D eigenvalue weighted by Crippen LogP contribution is -2.14. The van der Waals surface area contributed by atoms with Crippen molar-refractivity contribution in [2.24, 2.45) is 0 Å². The van der Waals surface area contributed by atoms with Gasteiger partial charge in [-0.25, -0.2) is 0 Å². The lowest BCUT2D eigenvalue weighted by atomic mass is 9.77. The molecule has 0 fully saturated rings. The molecule has 6 rings (SSSR count). The highest BCUT2D eigenvalue weighted by Gasteiger charge is 2.33. The molecule has 0 unspecified atom stereocenters. The van der Waals surface area contributed by atoms with Crippen molar-refractivity contribution in [1.29, 1.82) is 0 Å². The topological polar surface area (TPSA) is 34.8 Å². The average molecular weight is 377 g/mol. The number of fused-ring (bicyclic) bond motifs is 6. The Morgan fingerprint density at radius 1 is 0.690 bits per heavy atom. The molecule has 0 atom stereocenters. The van der Waals surface area contributed by atoms with E-state index < -0.39 is 0 Å². The van der Waals surface area contributed by atoms with Gasteiger partial charge in [0.1, 0.15) is 0 Å². The van der Waals surface area contributed by atoms with E-state index in [0.29, 0.717) is 0 Å². The average Bonchev–Trinajstić information content (AvgIpc) is 3.30. The molecule has 0 spiro atoms. The highest BCUT2D eigenvalue weighted by molar-refractivity contribution is 5.92. The van der Waals surface area contributed by atoms with E-state index in [9.17, 15) is 0 Å². The van der Waals surface area contributed by atoms with Crippen molar-refractivity contribution in [3.05, 3.63) is 101 Å². The van der Waals surface area contributed by atoms with E-state index in [1.54, 1.807) is 0 Å². The SMILES string of the molecule is CN(C)c1ccc(C2c3c([nH]c4ccccc34)Cc3[nH]c4ccccc4c32)cc1. The van der Waals surface area contributed by atoms with Gasteiger partial charge in [0.15, 0.2) is 0 Å². The van der Waals surface area contributed by atoms with Crippen molar-refractivity contribution >= 4 is 27.5 Å². The molecule has 0 aliphatic heterocycles. The van der Waals surface area contributed by atoms with Crippen LogP contribution in [-0.4, -0.2) is 24.1 Å². The number of H-pyrrole nitrogens is 2. The molecule has 2 heterocycles. The minimum Gasteiger partial charge on any atom is -0.378 e. The largest absolute Gasteiger partial charge is 0.378 e. The van der Waals surface area contributed by atoms with Crippen molar-refractivity contribution in [1.82, 2.24) is 9.97 Å². The minimum atomic E-state index is 0.220. The number of benzene rings is 3. The first kappa shape index (κ1) is 16.5. The van der Waals surface area contributed by atoms with E-state index in [1.807, 2.05) is 0 Å². The van der Waals surface area contributed by atoms with Crippen LogP contribution >= 0.6 is 0 Å². The van der Waals surface area contributed by atoms with Gasteiger partial charge in [-0.1, -0.05) is 48.5 Å². The summed E-state index contributed by atoms with van der Waals surface area (Å²) in [7, 11) is 4.18. The number of aromatic nitrogens is 2. The molecule has 142 valence electrons. The predicted octanol–water partition coefficient (Wildman–Crippen LogP) is 5.80. The normalized spacial score (nSPS) is 13.6. The second-order valence-corrected chi connectivity index (χ2v) is 8.22. The number of nitrogens with one attached hydrogen (secondary N) is 2. The molecule has 0 saturated carbocycles. The summed E-state index contributed by atoms with van der Waals surface area (Å²) in [5.74, 6) is 0.220. The Kier molecular flexibility index (Phi) is 3.42. The first-order valence-electron chi connectivity index (χ1n) is 10.2. The van der Waals surface area contributed by atoms with Crippen molar-refractivity contribution in [3.8, 4) is 0 Å². The Balaban J connectivity index is 1.66. The summed E-state index contributed by atoms with van der Waals surface area (Å²) in [6, 6.07) is 26.4. The van der Waals surface area contributed by atoms with Gasteiger partial charge >= 0.3 is 0 Å². The maximum Gasteiger partial charge on any atom is 0.0459 e. The van der Waals surface area contributed by atoms with Crippen molar-refractivity contribution in [3.63, 3.8) is 0 Å². The summed E-state index contributed by atoms with van der Waals surface area (Å²) >= 11 is 0. The summed E-state index contributed by atoms with van der Waals surface area (Å²) in [5, 5.41) is 2.67. The third kappa shape index (κ3) is 2.37. The lowest BCUT2D eigenvalue weighted by molar-refractivity contribution is 0.875. The van der Waals surface area contributed by atoms with Gasteiger partial charge in [0.2, 0.25) is 0 Å². The van der Waals surface area contributed by atoms with Crippen LogP contribution in [0.4, 0.5) is 5.69 Å². The minimum absolute atomic E-state index is 0.220. The van der Waals surface area contributed by atoms with Crippen molar-refractivity contribution < 1.29 is 0 Å². The molecule has 5 aromatic rings. The van der Waals surface area contributed by atoms with E-state index in [4.69, 9.17) is 0 Å². The van der Waals surface area contributed by atoms with Crippen LogP contribution in [0, 0.1) is 0 Å². The van der Waals surface area contributed by atoms with Gasteiger partial charge in [-0.2, -0.15) is 0 Å². The quantitative estimate of drug-likeness (QED) is 0.393. The van der Waals surface area contributed by atoms with E-state index >= 15 is 0 Å². The number of aromatic amines is 2. The van der Waals surface area contributed by atoms with Crippen LogP contribution in [0.3, 0.4) is 0 Å². The van der Waals surface area contributed by atoms with Crippen LogP contribution in [0.25, 0.3) is 21.8 Å². The number of nitrogens with zero attached hydrogens (tertiary/aromatic N) is 1. The second kappa shape index (κ2) is 6.02. The summed E-state index contributed by atoms with van der Waals surface area (Å²) in [6.07, 6.45) is 0.917. The van der Waals surface area contributed by atoms with Gasteiger partial charge in [0, 0.05) is 65.3 Å². The fourth-order valence-corrected chi connectivity index (χ4v) is 5.00. The van der Waals surface area contributed by atoms with E-state index in [-0.39, 0.29) is 5.92 Å². The zero-order chi connectivity index (χ0) is 19.5. The number of anilines is 1. The van der Waals surface area contributed by atoms with Crippen LogP contribution in [0.15, 0.2) is 72.8 Å². The summed E-state index contributed by atoms with van der Waals surface area (Å²) in [5.41, 5.74) is 10.5. The van der Waals surface area contributed by atoms with E-state index in [2.05, 4.69) is 102 Å². The fraction of sp³-hybridized carbons (Fsp3) is 0.154. The zero-order valence-corrected chi connectivity index (χ0v) is 16.7. The van der Waals surface area contributed by atoms with Crippen LogP contribution in [0.1, 0.15) is 34.0 Å². The molecule has 2 aromatic heterocycles. The van der Waals surface area contributed by atoms with Gasteiger partial charge in [0.05, 0.1) is 0 Å². The summed E-state index contributed by atoms with van der Waals surface area (Å²) in [6.45, 7) is 0. The Labute approximate surface area is 170 Å². The molecule has 1 aliphatic carbocycles. The molecule has 29 heavy (non-hydrogen) atoms. The smallest absolute Gasteiger partial charge is 0.0459 e. The molecule has 0 radical (unpaired) electrons. The molecular weight excluding hydrogens is 354 g/mol. The maximum atomic E-state index is 3.70. The first-order chi connectivity index (χ1) is 14.2. The number of para-hydroxylation sites is 2. The van der Waals surface area contributed by atoms with Crippen LogP contribution < -0.4 is 4.90 Å². The van der Waals surface area contributed by atoms with Crippen LogP contribution in [0.2, 0.25) is 0 Å². The number of hydrogen-bond acceptors (Lipinski definition) is 1. The Morgan fingerprint density at radius 3 is 1.72 bits per heavy atom. The predicted molar refractivity (Wildman–Crippen MR) is 121 cm³/mol. The molecule has 3 nitrogen and oxygen atoms in total. The monoisotopic (exact) mass is 377 g/mol. The van der Waals surface area contributed by atoms with Crippen molar-refractivity contribution in [2.75, 3.05) is 19.0 Å². The van der Waals surface area contributed by atoms with E-state index in [0.717, 1.165) is 6.42 Å². The Bertz CT molecular complexity index is 1270. The first-order valence-corrected chi connectivity index (χ1v) is 10.2. The molecule has 2 N–H and O–H groups in total. The van der Waals surface area contributed by atoms with Gasteiger partial charge < -0.3 is 14.9 Å². The van der Waals surface area contributed by atoms with Gasteiger partial charge in [-0.05, 0) is 41.0 Å². The van der Waals surface area contributed by atoms with Crippen LogP contribution in [-0.2, 0) is 6.42 Å². The number of rotatable bonds is 2. The third-order valence-electron chi connectivity index (χ3n) is 6.33. The lowest BCUT2D eigenvalue weighted by Gasteiger charge is -2.26. The standard InChI is InChI=1S/C26H23N3/c1-29(2)17-13-11-16(12-14-17)24-25-18-7-3-5-9-20(18)27-22(25)15-23-26(24)19-8-4-6-10-21(19)28-23/h3-14,24,27-28H,15H2,1-2H3. The zero-order valence-electron chi connectivity index (χ0n) is 16.7. The van der Waals surface area contributed by atoms with E-state index in [1.165, 1.54) is 55.6 Å². The molecule has 0 amide bonds. The summed E-state index contributed by atoms with van der Waals surface area (Å²) < 4.78 is 0. The highest BCUT2D eigenvalue weighted by Crippen LogP contribution is 2.47. The fourth-order valence-electron chi connectivity index (χ4n) is 5.00. The Hall–Kier alpha value is -3.46. The highest BCUT2D eigenvalue weighted by atomic mass is 15.1. The van der Waals surface area contributed by atoms with Gasteiger partial charge in [0.25, 0.3) is 0 Å². The van der Waals surface area contributed by atoms with Gasteiger partial charge in [-0.3, -0.25) is 0 Å². The molecule has 3 aromatic carbocycles. The third-order valence-corrected chi connectivity index (χ3v) is 6.33. The Morgan fingerprint density at radius 2 is 1.21 bits per heavy atom. The second-order valence-electron chi connectivity index (χ2n) is 8.22. The van der Waals surface area contributed by atoms with Crippen LogP contribution in [0.5, 0.6) is 0 Å². The molecule has 3 heteroatoms. The molecule has 0 bridgehead atoms. The summed E-state index contributed by atoms with van der Waals surface area (Å²) in [4.78, 5) is 9.56. The molecule has 0 saturated heterocycles. The molecular formula is C26H23N3. The molecule has 1 aliphatic rings. The number of hydrogen-bond donors (Lipinski definition) is 2.